The molecule has 1 aromatic rings. The van der Waals surface area contributed by atoms with E-state index in [-0.39, 0.29) is 12.5 Å². The monoisotopic (exact) mass is 282 g/mol. The summed E-state index contributed by atoms with van der Waals surface area (Å²) in [4.78, 5) is 13.9. The topological polar surface area (TPSA) is 41.6 Å². The second-order valence-electron chi connectivity index (χ2n) is 5.01. The first-order chi connectivity index (χ1) is 9.04. The third-order valence-electron chi connectivity index (χ3n) is 3.09. The molecule has 1 aliphatic heterocycles. The van der Waals surface area contributed by atoms with Gasteiger partial charge in [0.1, 0.15) is 5.75 Å². The number of halogens is 1. The lowest BCUT2D eigenvalue weighted by Gasteiger charge is -2.36. The summed E-state index contributed by atoms with van der Waals surface area (Å²) >= 11 is 5.79. The minimum Gasteiger partial charge on any atom is -0.484 e. The van der Waals surface area contributed by atoms with Gasteiger partial charge in [-0.05, 0) is 38.1 Å². The van der Waals surface area contributed by atoms with Gasteiger partial charge < -0.3 is 15.0 Å². The summed E-state index contributed by atoms with van der Waals surface area (Å²) in [5, 5.41) is 4.05. The van der Waals surface area contributed by atoms with Crippen molar-refractivity contribution in [1.29, 1.82) is 0 Å². The molecule has 1 fully saturated rings. The first-order valence-corrected chi connectivity index (χ1v) is 6.84. The van der Waals surface area contributed by atoms with Crippen LogP contribution < -0.4 is 10.1 Å². The standard InChI is InChI=1S/C14H19ClN2O2/c1-10-7-17(8-11(2)16-10)14(18)9-19-13-5-3-12(15)4-6-13/h3-6,10-11,16H,7-9H2,1-2H3/t10-,11-/m1/s1. The Morgan fingerprint density at radius 3 is 2.47 bits per heavy atom. The highest BCUT2D eigenvalue weighted by Gasteiger charge is 2.24. The number of benzene rings is 1. The van der Waals surface area contributed by atoms with E-state index in [1.165, 1.54) is 0 Å². The second kappa shape index (κ2) is 6.26. The highest BCUT2D eigenvalue weighted by atomic mass is 35.5. The Morgan fingerprint density at radius 1 is 1.32 bits per heavy atom. The number of hydrogen-bond donors (Lipinski definition) is 1. The van der Waals surface area contributed by atoms with E-state index >= 15 is 0 Å². The van der Waals surface area contributed by atoms with Gasteiger partial charge in [-0.25, -0.2) is 0 Å². The van der Waals surface area contributed by atoms with Gasteiger partial charge in [-0.1, -0.05) is 11.6 Å². The van der Waals surface area contributed by atoms with Crippen molar-refractivity contribution in [1.82, 2.24) is 10.2 Å². The molecule has 1 aliphatic rings. The molecule has 0 unspecified atom stereocenters. The predicted octanol–water partition coefficient (Wildman–Crippen LogP) is 1.93. The molecule has 1 amide bonds. The van der Waals surface area contributed by atoms with Crippen LogP contribution in [-0.2, 0) is 4.79 Å². The molecule has 5 heteroatoms. The summed E-state index contributed by atoms with van der Waals surface area (Å²) in [6.45, 7) is 5.69. The zero-order valence-corrected chi connectivity index (χ0v) is 12.0. The number of carbonyl (C=O) groups is 1. The lowest BCUT2D eigenvalue weighted by molar-refractivity contribution is -0.135. The second-order valence-corrected chi connectivity index (χ2v) is 5.45. The van der Waals surface area contributed by atoms with Gasteiger partial charge in [-0.3, -0.25) is 4.79 Å². The molecule has 2 atom stereocenters. The predicted molar refractivity (Wildman–Crippen MR) is 75.6 cm³/mol. The van der Waals surface area contributed by atoms with Crippen LogP contribution in [0.1, 0.15) is 13.8 Å². The number of ether oxygens (including phenoxy) is 1. The molecule has 19 heavy (non-hydrogen) atoms. The van der Waals surface area contributed by atoms with Gasteiger partial charge in [-0.2, -0.15) is 0 Å². The Labute approximate surface area is 118 Å². The van der Waals surface area contributed by atoms with Crippen LogP contribution in [0, 0.1) is 0 Å². The van der Waals surface area contributed by atoms with Gasteiger partial charge in [-0.15, -0.1) is 0 Å². The van der Waals surface area contributed by atoms with Crippen LogP contribution in [0.4, 0.5) is 0 Å². The highest BCUT2D eigenvalue weighted by molar-refractivity contribution is 6.30. The minimum absolute atomic E-state index is 0.0233. The summed E-state index contributed by atoms with van der Waals surface area (Å²) in [5.74, 6) is 0.684. The average Bonchev–Trinajstić information content (AvgIpc) is 2.36. The Bertz CT molecular complexity index is 426. The molecule has 2 rings (SSSR count). The van der Waals surface area contributed by atoms with E-state index in [0.29, 0.717) is 22.9 Å². The third-order valence-corrected chi connectivity index (χ3v) is 3.34. The van der Waals surface area contributed by atoms with Gasteiger partial charge in [0, 0.05) is 30.2 Å². The van der Waals surface area contributed by atoms with E-state index in [2.05, 4.69) is 19.2 Å². The van der Waals surface area contributed by atoms with Crippen LogP contribution in [0.2, 0.25) is 5.02 Å². The number of nitrogens with one attached hydrogen (secondary N) is 1. The zero-order chi connectivity index (χ0) is 13.8. The number of nitrogens with zero attached hydrogens (tertiary/aromatic N) is 1. The number of carbonyl (C=O) groups excluding carboxylic acids is 1. The number of hydrogen-bond acceptors (Lipinski definition) is 3. The molecule has 1 aromatic carbocycles. The van der Waals surface area contributed by atoms with Crippen LogP contribution in [0.3, 0.4) is 0 Å². The largest absolute Gasteiger partial charge is 0.484 e. The van der Waals surface area contributed by atoms with E-state index in [4.69, 9.17) is 16.3 Å². The number of rotatable bonds is 3. The quantitative estimate of drug-likeness (QED) is 0.921. The fourth-order valence-corrected chi connectivity index (χ4v) is 2.42. The minimum atomic E-state index is 0.0233. The molecule has 0 aliphatic carbocycles. The fraction of sp³-hybridized carbons (Fsp3) is 0.500. The Balaban J connectivity index is 1.85. The normalized spacial score (nSPS) is 23.2. The summed E-state index contributed by atoms with van der Waals surface area (Å²) in [6.07, 6.45) is 0. The van der Waals surface area contributed by atoms with Gasteiger partial charge in [0.25, 0.3) is 5.91 Å². The number of amides is 1. The summed E-state index contributed by atoms with van der Waals surface area (Å²) in [5.41, 5.74) is 0. The maximum absolute atomic E-state index is 12.1. The molecule has 1 heterocycles. The van der Waals surface area contributed by atoms with Crippen LogP contribution in [0.25, 0.3) is 0 Å². The molecular formula is C14H19ClN2O2. The smallest absolute Gasteiger partial charge is 0.260 e. The Kier molecular flexibility index (Phi) is 4.66. The van der Waals surface area contributed by atoms with Crippen molar-refractivity contribution in [3.8, 4) is 5.75 Å². The Morgan fingerprint density at radius 2 is 1.89 bits per heavy atom. The summed E-state index contributed by atoms with van der Waals surface area (Å²) in [6, 6.07) is 7.66. The highest BCUT2D eigenvalue weighted by Crippen LogP contribution is 2.15. The van der Waals surface area contributed by atoms with Crippen molar-refractivity contribution in [2.45, 2.75) is 25.9 Å². The lowest BCUT2D eigenvalue weighted by atomic mass is 10.1. The van der Waals surface area contributed by atoms with Gasteiger partial charge in [0.2, 0.25) is 0 Å². The molecule has 0 aromatic heterocycles. The Hall–Kier alpha value is -1.26. The van der Waals surface area contributed by atoms with Crippen molar-refractivity contribution in [3.05, 3.63) is 29.3 Å². The maximum Gasteiger partial charge on any atom is 0.260 e. The van der Waals surface area contributed by atoms with E-state index < -0.39 is 0 Å². The van der Waals surface area contributed by atoms with Crippen molar-refractivity contribution in [2.75, 3.05) is 19.7 Å². The van der Waals surface area contributed by atoms with Crippen molar-refractivity contribution < 1.29 is 9.53 Å². The van der Waals surface area contributed by atoms with Gasteiger partial charge >= 0.3 is 0 Å². The van der Waals surface area contributed by atoms with Crippen LogP contribution in [0.15, 0.2) is 24.3 Å². The van der Waals surface area contributed by atoms with Crippen LogP contribution in [-0.4, -0.2) is 42.6 Å². The van der Waals surface area contributed by atoms with Crippen molar-refractivity contribution in [3.63, 3.8) is 0 Å². The van der Waals surface area contributed by atoms with Crippen LogP contribution >= 0.6 is 11.6 Å². The molecule has 0 saturated carbocycles. The van der Waals surface area contributed by atoms with E-state index in [1.807, 2.05) is 4.90 Å². The maximum atomic E-state index is 12.1. The van der Waals surface area contributed by atoms with Crippen molar-refractivity contribution in [2.24, 2.45) is 0 Å². The fourth-order valence-electron chi connectivity index (χ4n) is 2.30. The molecule has 104 valence electrons. The summed E-state index contributed by atoms with van der Waals surface area (Å²) < 4.78 is 5.48. The van der Waals surface area contributed by atoms with Crippen molar-refractivity contribution >= 4 is 17.5 Å². The molecule has 0 spiro atoms. The van der Waals surface area contributed by atoms with E-state index in [1.54, 1.807) is 24.3 Å². The van der Waals surface area contributed by atoms with E-state index in [0.717, 1.165) is 13.1 Å². The van der Waals surface area contributed by atoms with Crippen LogP contribution in [0.5, 0.6) is 5.75 Å². The first-order valence-electron chi connectivity index (χ1n) is 6.47. The molecule has 1 saturated heterocycles. The summed E-state index contributed by atoms with van der Waals surface area (Å²) in [7, 11) is 0. The SMILES string of the molecule is C[C@@H]1CN(C(=O)COc2ccc(Cl)cc2)C[C@@H](C)N1. The molecule has 1 N–H and O–H groups in total. The number of piperazine rings is 1. The molecule has 4 nitrogen and oxygen atoms in total. The van der Waals surface area contributed by atoms with Gasteiger partial charge in [0.05, 0.1) is 0 Å². The molecule has 0 radical (unpaired) electrons. The third kappa shape index (κ3) is 4.11. The zero-order valence-electron chi connectivity index (χ0n) is 11.2. The van der Waals surface area contributed by atoms with E-state index in [9.17, 15) is 4.79 Å². The molecular weight excluding hydrogens is 264 g/mol. The molecule has 0 bridgehead atoms. The lowest BCUT2D eigenvalue weighted by Crippen LogP contribution is -2.56. The van der Waals surface area contributed by atoms with Gasteiger partial charge in [0.15, 0.2) is 6.61 Å². The first kappa shape index (κ1) is 14.2. The average molecular weight is 283 g/mol.